The third-order valence-corrected chi connectivity index (χ3v) is 3.46. The van der Waals surface area contributed by atoms with Gasteiger partial charge in [0.1, 0.15) is 5.82 Å². The SMILES string of the molecule is O=C(O)C1CCN(C(=O)NCc2cccc(F)c2)CC1. The normalized spacial score (nSPS) is 15.9. The molecule has 0 aromatic heterocycles. The second-order valence-electron chi connectivity index (χ2n) is 4.89. The summed E-state index contributed by atoms with van der Waals surface area (Å²) in [4.78, 5) is 24.3. The van der Waals surface area contributed by atoms with Crippen LogP contribution < -0.4 is 5.32 Å². The molecule has 1 fully saturated rings. The maximum atomic E-state index is 13.0. The van der Waals surface area contributed by atoms with Crippen LogP contribution in [0.3, 0.4) is 0 Å². The van der Waals surface area contributed by atoms with E-state index in [-0.39, 0.29) is 24.3 Å². The van der Waals surface area contributed by atoms with Crippen molar-refractivity contribution < 1.29 is 19.1 Å². The van der Waals surface area contributed by atoms with Crippen molar-refractivity contribution in [1.82, 2.24) is 10.2 Å². The summed E-state index contributed by atoms with van der Waals surface area (Å²) < 4.78 is 13.0. The maximum absolute atomic E-state index is 13.0. The van der Waals surface area contributed by atoms with Gasteiger partial charge in [0.25, 0.3) is 0 Å². The molecule has 0 aliphatic carbocycles. The monoisotopic (exact) mass is 280 g/mol. The number of urea groups is 1. The third-order valence-electron chi connectivity index (χ3n) is 3.46. The Balaban J connectivity index is 1.80. The van der Waals surface area contributed by atoms with Crippen LogP contribution in [0.1, 0.15) is 18.4 Å². The van der Waals surface area contributed by atoms with Crippen LogP contribution in [0, 0.1) is 11.7 Å². The smallest absolute Gasteiger partial charge is 0.317 e. The molecule has 0 unspecified atom stereocenters. The fourth-order valence-electron chi connectivity index (χ4n) is 2.27. The van der Waals surface area contributed by atoms with Crippen molar-refractivity contribution in [2.45, 2.75) is 19.4 Å². The van der Waals surface area contributed by atoms with Gasteiger partial charge in [-0.15, -0.1) is 0 Å². The van der Waals surface area contributed by atoms with Gasteiger partial charge in [-0.05, 0) is 30.5 Å². The zero-order chi connectivity index (χ0) is 14.5. The summed E-state index contributed by atoms with van der Waals surface area (Å²) in [5.41, 5.74) is 0.693. The maximum Gasteiger partial charge on any atom is 0.317 e. The number of nitrogens with zero attached hydrogens (tertiary/aromatic N) is 1. The van der Waals surface area contributed by atoms with E-state index in [2.05, 4.69) is 5.32 Å². The third kappa shape index (κ3) is 3.69. The van der Waals surface area contributed by atoms with Crippen molar-refractivity contribution in [2.24, 2.45) is 5.92 Å². The first-order valence-electron chi connectivity index (χ1n) is 6.56. The Kier molecular flexibility index (Phi) is 4.55. The van der Waals surface area contributed by atoms with Crippen LogP contribution in [0.15, 0.2) is 24.3 Å². The molecule has 2 N–H and O–H groups in total. The summed E-state index contributed by atoms with van der Waals surface area (Å²) in [7, 11) is 0. The molecule has 1 heterocycles. The highest BCUT2D eigenvalue weighted by molar-refractivity contribution is 5.75. The van der Waals surface area contributed by atoms with E-state index in [1.807, 2.05) is 0 Å². The Hall–Kier alpha value is -2.11. The lowest BCUT2D eigenvalue weighted by molar-refractivity contribution is -0.143. The molecular formula is C14H17FN2O3. The van der Waals surface area contributed by atoms with E-state index in [0.717, 1.165) is 0 Å². The number of amides is 2. The standard InChI is InChI=1S/C14H17FN2O3/c15-12-3-1-2-10(8-12)9-16-14(20)17-6-4-11(5-7-17)13(18)19/h1-3,8,11H,4-7,9H2,(H,16,20)(H,18,19). The number of nitrogens with one attached hydrogen (secondary N) is 1. The van der Waals surface area contributed by atoms with Gasteiger partial charge in [-0.25, -0.2) is 9.18 Å². The molecule has 2 amide bonds. The number of carboxylic acids is 1. The Morgan fingerprint density at radius 2 is 2.05 bits per heavy atom. The Labute approximate surface area is 116 Å². The summed E-state index contributed by atoms with van der Waals surface area (Å²) in [6, 6.07) is 5.81. The van der Waals surface area contributed by atoms with E-state index in [1.54, 1.807) is 17.0 Å². The molecule has 108 valence electrons. The van der Waals surface area contributed by atoms with Crippen LogP contribution in [0.25, 0.3) is 0 Å². The molecular weight excluding hydrogens is 263 g/mol. The van der Waals surface area contributed by atoms with Crippen molar-refractivity contribution in [1.29, 1.82) is 0 Å². The van der Waals surface area contributed by atoms with Gasteiger partial charge >= 0.3 is 12.0 Å². The Morgan fingerprint density at radius 1 is 1.35 bits per heavy atom. The molecule has 1 aromatic carbocycles. The zero-order valence-corrected chi connectivity index (χ0v) is 11.0. The molecule has 1 aromatic rings. The van der Waals surface area contributed by atoms with E-state index in [4.69, 9.17) is 5.11 Å². The van der Waals surface area contributed by atoms with Crippen LogP contribution in [0.4, 0.5) is 9.18 Å². The number of carbonyl (C=O) groups is 2. The van der Waals surface area contributed by atoms with Crippen molar-refractivity contribution in [3.63, 3.8) is 0 Å². The number of carbonyl (C=O) groups excluding carboxylic acids is 1. The van der Waals surface area contributed by atoms with Crippen molar-refractivity contribution in [2.75, 3.05) is 13.1 Å². The number of aliphatic carboxylic acids is 1. The van der Waals surface area contributed by atoms with Gasteiger partial charge in [-0.3, -0.25) is 4.79 Å². The number of likely N-dealkylation sites (tertiary alicyclic amines) is 1. The van der Waals surface area contributed by atoms with Gasteiger partial charge in [-0.1, -0.05) is 12.1 Å². The van der Waals surface area contributed by atoms with Crippen molar-refractivity contribution in [3.05, 3.63) is 35.6 Å². The predicted molar refractivity (Wildman–Crippen MR) is 70.6 cm³/mol. The molecule has 1 aliphatic heterocycles. The number of piperidine rings is 1. The van der Waals surface area contributed by atoms with Crippen molar-refractivity contribution in [3.8, 4) is 0 Å². The first-order chi connectivity index (χ1) is 9.56. The van der Waals surface area contributed by atoms with Gasteiger partial charge in [0, 0.05) is 19.6 Å². The first-order valence-corrected chi connectivity index (χ1v) is 6.56. The Morgan fingerprint density at radius 3 is 2.65 bits per heavy atom. The van der Waals surface area contributed by atoms with Crippen LogP contribution in [-0.2, 0) is 11.3 Å². The van der Waals surface area contributed by atoms with Crippen molar-refractivity contribution >= 4 is 12.0 Å². The molecule has 6 heteroatoms. The average Bonchev–Trinajstić information content (AvgIpc) is 2.45. The van der Waals surface area contributed by atoms with Gasteiger partial charge in [0.2, 0.25) is 0 Å². The summed E-state index contributed by atoms with van der Waals surface area (Å²) >= 11 is 0. The minimum atomic E-state index is -0.801. The lowest BCUT2D eigenvalue weighted by atomic mass is 9.97. The lowest BCUT2D eigenvalue weighted by Gasteiger charge is -2.30. The predicted octanol–water partition coefficient (Wildman–Crippen LogP) is 1.83. The van der Waals surface area contributed by atoms with Crippen LogP contribution in [0.5, 0.6) is 0 Å². The number of benzene rings is 1. The molecule has 0 saturated carbocycles. The molecule has 2 rings (SSSR count). The minimum absolute atomic E-state index is 0.238. The molecule has 0 bridgehead atoms. The van der Waals surface area contributed by atoms with E-state index in [0.29, 0.717) is 31.5 Å². The number of carboxylic acid groups (broad SMARTS) is 1. The summed E-state index contributed by atoms with van der Waals surface area (Å²) in [5, 5.41) is 11.6. The average molecular weight is 280 g/mol. The molecule has 1 aliphatic rings. The van der Waals surface area contributed by atoms with Crippen LogP contribution in [0.2, 0.25) is 0 Å². The fourth-order valence-corrected chi connectivity index (χ4v) is 2.27. The highest BCUT2D eigenvalue weighted by atomic mass is 19.1. The molecule has 0 atom stereocenters. The van der Waals surface area contributed by atoms with E-state index in [1.165, 1.54) is 12.1 Å². The van der Waals surface area contributed by atoms with E-state index >= 15 is 0 Å². The summed E-state index contributed by atoms with van der Waals surface area (Å²) in [6.45, 7) is 1.13. The molecule has 0 radical (unpaired) electrons. The topological polar surface area (TPSA) is 69.6 Å². The van der Waals surface area contributed by atoms with Gasteiger partial charge in [-0.2, -0.15) is 0 Å². The highest BCUT2D eigenvalue weighted by Gasteiger charge is 2.26. The van der Waals surface area contributed by atoms with Gasteiger partial charge < -0.3 is 15.3 Å². The summed E-state index contributed by atoms with van der Waals surface area (Å²) in [5.74, 6) is -1.49. The first kappa shape index (κ1) is 14.3. The second kappa shape index (κ2) is 6.36. The van der Waals surface area contributed by atoms with Crippen LogP contribution >= 0.6 is 0 Å². The highest BCUT2D eigenvalue weighted by Crippen LogP contribution is 2.17. The summed E-state index contributed by atoms with van der Waals surface area (Å²) in [6.07, 6.45) is 0.950. The van der Waals surface area contributed by atoms with Gasteiger partial charge in [0.15, 0.2) is 0 Å². The molecule has 1 saturated heterocycles. The van der Waals surface area contributed by atoms with E-state index < -0.39 is 5.97 Å². The molecule has 20 heavy (non-hydrogen) atoms. The largest absolute Gasteiger partial charge is 0.481 e. The number of hydrogen-bond acceptors (Lipinski definition) is 2. The fraction of sp³-hybridized carbons (Fsp3) is 0.429. The lowest BCUT2D eigenvalue weighted by Crippen LogP contribution is -2.45. The molecule has 5 nitrogen and oxygen atoms in total. The number of hydrogen-bond donors (Lipinski definition) is 2. The minimum Gasteiger partial charge on any atom is -0.481 e. The van der Waals surface area contributed by atoms with Gasteiger partial charge in [0.05, 0.1) is 5.92 Å². The second-order valence-corrected chi connectivity index (χ2v) is 4.89. The van der Waals surface area contributed by atoms with Crippen LogP contribution in [-0.4, -0.2) is 35.1 Å². The molecule has 0 spiro atoms. The van der Waals surface area contributed by atoms with E-state index in [9.17, 15) is 14.0 Å². The Bertz CT molecular complexity index is 499. The quantitative estimate of drug-likeness (QED) is 0.887. The number of halogens is 1. The zero-order valence-electron chi connectivity index (χ0n) is 11.0. The number of rotatable bonds is 3.